The second-order valence-corrected chi connectivity index (χ2v) is 5.89. The van der Waals surface area contributed by atoms with Crippen molar-refractivity contribution >= 4 is 21.8 Å². The summed E-state index contributed by atoms with van der Waals surface area (Å²) in [5.74, 6) is 0.545. The molecule has 5 heteroatoms. The summed E-state index contributed by atoms with van der Waals surface area (Å²) < 4.78 is 12.1. The van der Waals surface area contributed by atoms with Crippen LogP contribution in [0.3, 0.4) is 0 Å². The Morgan fingerprint density at radius 1 is 1.45 bits per heavy atom. The average Bonchev–Trinajstić information content (AvgIpc) is 2.95. The number of halogens is 1. The number of amides is 1. The lowest BCUT2D eigenvalue weighted by atomic mass is 10.1. The molecule has 4 nitrogen and oxygen atoms in total. The minimum Gasteiger partial charge on any atom is -0.480 e. The van der Waals surface area contributed by atoms with Crippen molar-refractivity contribution < 1.29 is 14.3 Å². The first-order chi connectivity index (χ1) is 9.58. The summed E-state index contributed by atoms with van der Waals surface area (Å²) >= 11 is 3.40. The van der Waals surface area contributed by atoms with Crippen molar-refractivity contribution in [3.8, 4) is 5.75 Å². The van der Waals surface area contributed by atoms with Crippen LogP contribution in [0.1, 0.15) is 26.7 Å². The number of para-hydroxylation sites is 1. The predicted octanol–water partition coefficient (Wildman–Crippen LogP) is 2.90. The third kappa shape index (κ3) is 3.96. The zero-order valence-corrected chi connectivity index (χ0v) is 13.4. The molecular formula is C15H20BrNO3. The van der Waals surface area contributed by atoms with E-state index in [2.05, 4.69) is 21.2 Å². The number of ether oxygens (including phenoxy) is 2. The van der Waals surface area contributed by atoms with E-state index in [0.29, 0.717) is 5.75 Å². The van der Waals surface area contributed by atoms with Crippen LogP contribution in [0.2, 0.25) is 0 Å². The molecule has 1 aromatic carbocycles. The van der Waals surface area contributed by atoms with Gasteiger partial charge in [0.05, 0.1) is 16.6 Å². The Hall–Kier alpha value is -1.07. The monoisotopic (exact) mass is 341 g/mol. The highest BCUT2D eigenvalue weighted by molar-refractivity contribution is 9.10. The standard InChI is InChI=1S/C15H20BrNO3/c1-10(13-8-5-9-19-13)17-15(18)11(2)20-14-7-4-3-6-12(14)16/h3-4,6-7,10-11,13H,5,8-9H2,1-2H3,(H,17,18)/t10-,11+,13-/m1/s1. The van der Waals surface area contributed by atoms with Gasteiger partial charge >= 0.3 is 0 Å². The van der Waals surface area contributed by atoms with E-state index in [1.54, 1.807) is 6.92 Å². The van der Waals surface area contributed by atoms with E-state index < -0.39 is 6.10 Å². The molecule has 1 aliphatic heterocycles. The number of carbonyl (C=O) groups is 1. The van der Waals surface area contributed by atoms with Gasteiger partial charge in [-0.2, -0.15) is 0 Å². The van der Waals surface area contributed by atoms with Crippen LogP contribution in [0.4, 0.5) is 0 Å². The van der Waals surface area contributed by atoms with Gasteiger partial charge in [0, 0.05) is 6.61 Å². The number of carbonyl (C=O) groups excluding carboxylic acids is 1. The summed E-state index contributed by atoms with van der Waals surface area (Å²) in [6, 6.07) is 7.50. The first-order valence-corrected chi connectivity index (χ1v) is 7.70. The lowest BCUT2D eigenvalue weighted by Gasteiger charge is -2.22. The van der Waals surface area contributed by atoms with E-state index in [4.69, 9.17) is 9.47 Å². The Balaban J connectivity index is 1.87. The van der Waals surface area contributed by atoms with E-state index >= 15 is 0 Å². The molecule has 0 radical (unpaired) electrons. The Morgan fingerprint density at radius 2 is 2.20 bits per heavy atom. The van der Waals surface area contributed by atoms with Gasteiger partial charge in [-0.25, -0.2) is 0 Å². The van der Waals surface area contributed by atoms with Crippen molar-refractivity contribution in [3.63, 3.8) is 0 Å². The van der Waals surface area contributed by atoms with Gasteiger partial charge in [0.25, 0.3) is 5.91 Å². The molecule has 0 aliphatic carbocycles. The molecule has 1 N–H and O–H groups in total. The minimum absolute atomic E-state index is 0.00950. The Kier molecular flexibility index (Phi) is 5.43. The largest absolute Gasteiger partial charge is 0.480 e. The maximum absolute atomic E-state index is 12.1. The van der Waals surface area contributed by atoms with Crippen molar-refractivity contribution in [2.24, 2.45) is 0 Å². The second kappa shape index (κ2) is 7.09. The van der Waals surface area contributed by atoms with Gasteiger partial charge in [0.15, 0.2) is 6.10 Å². The van der Waals surface area contributed by atoms with E-state index in [1.807, 2.05) is 31.2 Å². The van der Waals surface area contributed by atoms with Gasteiger partial charge in [0.1, 0.15) is 5.75 Å². The molecule has 0 unspecified atom stereocenters. The molecule has 1 fully saturated rings. The fraction of sp³-hybridized carbons (Fsp3) is 0.533. The SMILES string of the molecule is C[C@H](Oc1ccccc1Br)C(=O)N[C@H](C)[C@H]1CCCO1. The zero-order chi connectivity index (χ0) is 14.5. The normalized spacial score (nSPS) is 21.2. The van der Waals surface area contributed by atoms with Gasteiger partial charge in [0.2, 0.25) is 0 Å². The first-order valence-electron chi connectivity index (χ1n) is 6.91. The van der Waals surface area contributed by atoms with Crippen molar-refractivity contribution in [1.82, 2.24) is 5.32 Å². The third-order valence-corrected chi connectivity index (χ3v) is 4.06. The minimum atomic E-state index is -0.544. The lowest BCUT2D eigenvalue weighted by molar-refractivity contribution is -0.128. The van der Waals surface area contributed by atoms with Crippen LogP contribution < -0.4 is 10.1 Å². The fourth-order valence-electron chi connectivity index (χ4n) is 2.22. The lowest BCUT2D eigenvalue weighted by Crippen LogP contribution is -2.46. The van der Waals surface area contributed by atoms with Crippen LogP contribution in [0.5, 0.6) is 5.75 Å². The van der Waals surface area contributed by atoms with Crippen molar-refractivity contribution in [2.45, 2.75) is 44.9 Å². The number of benzene rings is 1. The van der Waals surface area contributed by atoms with Crippen LogP contribution in [-0.2, 0) is 9.53 Å². The summed E-state index contributed by atoms with van der Waals surface area (Å²) in [6.07, 6.45) is 1.64. The Morgan fingerprint density at radius 3 is 2.85 bits per heavy atom. The third-order valence-electron chi connectivity index (χ3n) is 3.40. The molecule has 0 spiro atoms. The smallest absolute Gasteiger partial charge is 0.261 e. The van der Waals surface area contributed by atoms with Crippen LogP contribution in [0.25, 0.3) is 0 Å². The van der Waals surface area contributed by atoms with Crippen molar-refractivity contribution in [2.75, 3.05) is 6.61 Å². The van der Waals surface area contributed by atoms with Crippen LogP contribution in [0, 0.1) is 0 Å². The molecule has 1 saturated heterocycles. The fourth-order valence-corrected chi connectivity index (χ4v) is 2.59. The van der Waals surface area contributed by atoms with E-state index in [1.165, 1.54) is 0 Å². The first kappa shape index (κ1) is 15.3. The zero-order valence-electron chi connectivity index (χ0n) is 11.8. The summed E-state index contributed by atoms with van der Waals surface area (Å²) in [4.78, 5) is 12.1. The van der Waals surface area contributed by atoms with E-state index in [9.17, 15) is 4.79 Å². The van der Waals surface area contributed by atoms with Gasteiger partial charge in [-0.15, -0.1) is 0 Å². The second-order valence-electron chi connectivity index (χ2n) is 5.04. The number of rotatable bonds is 5. The molecule has 3 atom stereocenters. The van der Waals surface area contributed by atoms with E-state index in [0.717, 1.165) is 23.9 Å². The van der Waals surface area contributed by atoms with Gasteiger partial charge in [-0.3, -0.25) is 4.79 Å². The molecule has 1 amide bonds. The van der Waals surface area contributed by atoms with Gasteiger partial charge < -0.3 is 14.8 Å². The summed E-state index contributed by atoms with van der Waals surface area (Å²) in [5, 5.41) is 2.96. The molecular weight excluding hydrogens is 322 g/mol. The topological polar surface area (TPSA) is 47.6 Å². The summed E-state index contributed by atoms with van der Waals surface area (Å²) in [7, 11) is 0. The molecule has 1 heterocycles. The van der Waals surface area contributed by atoms with Gasteiger partial charge in [-0.05, 0) is 54.8 Å². The highest BCUT2D eigenvalue weighted by Gasteiger charge is 2.25. The van der Waals surface area contributed by atoms with E-state index in [-0.39, 0.29) is 18.1 Å². The highest BCUT2D eigenvalue weighted by Crippen LogP contribution is 2.25. The Labute approximate surface area is 128 Å². The maximum atomic E-state index is 12.1. The molecule has 1 aliphatic rings. The number of hydrogen-bond donors (Lipinski definition) is 1. The molecule has 110 valence electrons. The number of nitrogens with one attached hydrogen (secondary N) is 1. The molecule has 0 aromatic heterocycles. The number of hydrogen-bond acceptors (Lipinski definition) is 3. The summed E-state index contributed by atoms with van der Waals surface area (Å²) in [5.41, 5.74) is 0. The summed E-state index contributed by atoms with van der Waals surface area (Å²) in [6.45, 7) is 4.50. The molecule has 1 aromatic rings. The average molecular weight is 342 g/mol. The predicted molar refractivity (Wildman–Crippen MR) is 80.8 cm³/mol. The van der Waals surface area contributed by atoms with Gasteiger partial charge in [-0.1, -0.05) is 12.1 Å². The van der Waals surface area contributed by atoms with Crippen LogP contribution in [0.15, 0.2) is 28.7 Å². The molecule has 20 heavy (non-hydrogen) atoms. The van der Waals surface area contributed by atoms with Crippen molar-refractivity contribution in [1.29, 1.82) is 0 Å². The maximum Gasteiger partial charge on any atom is 0.261 e. The Bertz CT molecular complexity index is 460. The molecule has 2 rings (SSSR count). The molecule has 0 saturated carbocycles. The quantitative estimate of drug-likeness (QED) is 0.895. The van der Waals surface area contributed by atoms with Crippen LogP contribution >= 0.6 is 15.9 Å². The highest BCUT2D eigenvalue weighted by atomic mass is 79.9. The van der Waals surface area contributed by atoms with Crippen molar-refractivity contribution in [3.05, 3.63) is 28.7 Å². The molecule has 0 bridgehead atoms. The van der Waals surface area contributed by atoms with Crippen LogP contribution in [-0.4, -0.2) is 30.8 Å².